The third kappa shape index (κ3) is 4.08. The molecule has 0 aliphatic rings. The molecule has 0 amide bonds. The molecule has 2 aromatic rings. The average Bonchev–Trinajstić information content (AvgIpc) is 2.75. The van der Waals surface area contributed by atoms with E-state index in [9.17, 15) is 0 Å². The van der Waals surface area contributed by atoms with Gasteiger partial charge in [0.25, 0.3) is 0 Å². The lowest BCUT2D eigenvalue weighted by atomic mass is 10.1. The second-order valence-electron chi connectivity index (χ2n) is 5.79. The summed E-state index contributed by atoms with van der Waals surface area (Å²) in [4.78, 5) is 3.46. The lowest BCUT2D eigenvalue weighted by Gasteiger charge is -2.07. The van der Waals surface area contributed by atoms with Crippen LogP contribution in [0.3, 0.4) is 0 Å². The number of rotatable bonds is 6. The van der Waals surface area contributed by atoms with Crippen LogP contribution in [0, 0.1) is 0 Å². The lowest BCUT2D eigenvalue weighted by molar-refractivity contribution is 0.583. The number of hydrogen-bond donors (Lipinski definition) is 3. The number of benzene rings is 1. The number of nitrogens with one attached hydrogen (secondary N) is 3. The Balaban J connectivity index is 2.09. The van der Waals surface area contributed by atoms with Gasteiger partial charge in [0.05, 0.1) is 0 Å². The van der Waals surface area contributed by atoms with E-state index in [2.05, 4.69) is 67.6 Å². The topological polar surface area (TPSA) is 39.9 Å². The van der Waals surface area contributed by atoms with Gasteiger partial charge in [-0.2, -0.15) is 0 Å². The van der Waals surface area contributed by atoms with Crippen molar-refractivity contribution in [3.05, 3.63) is 35.5 Å². The van der Waals surface area contributed by atoms with E-state index in [0.717, 1.165) is 13.1 Å². The van der Waals surface area contributed by atoms with Gasteiger partial charge in [-0.3, -0.25) is 0 Å². The molecule has 1 aromatic carbocycles. The fourth-order valence-corrected chi connectivity index (χ4v) is 2.08. The Hall–Kier alpha value is -1.32. The Bertz CT molecular complexity index is 516. The molecule has 0 unspecified atom stereocenters. The first-order valence-electron chi connectivity index (χ1n) is 7.12. The van der Waals surface area contributed by atoms with Crippen LogP contribution in [0.5, 0.6) is 0 Å². The van der Waals surface area contributed by atoms with Crippen molar-refractivity contribution in [2.75, 3.05) is 0 Å². The van der Waals surface area contributed by atoms with Gasteiger partial charge in [0.15, 0.2) is 0 Å². The van der Waals surface area contributed by atoms with Crippen molar-refractivity contribution in [3.8, 4) is 0 Å². The van der Waals surface area contributed by atoms with Crippen molar-refractivity contribution >= 4 is 10.9 Å². The maximum Gasteiger partial charge on any atom is 0.0456 e. The Kier molecular flexibility index (Phi) is 4.61. The predicted octanol–water partition coefficient (Wildman–Crippen LogP) is 3.16. The van der Waals surface area contributed by atoms with Gasteiger partial charge in [-0.25, -0.2) is 0 Å². The van der Waals surface area contributed by atoms with E-state index in [0.29, 0.717) is 12.1 Å². The Morgan fingerprint density at radius 3 is 2.32 bits per heavy atom. The van der Waals surface area contributed by atoms with E-state index in [1.807, 2.05) is 0 Å². The van der Waals surface area contributed by atoms with Crippen LogP contribution >= 0.6 is 0 Å². The number of hydrogen-bond acceptors (Lipinski definition) is 2. The lowest BCUT2D eigenvalue weighted by Crippen LogP contribution is -2.21. The fourth-order valence-electron chi connectivity index (χ4n) is 2.08. The van der Waals surface area contributed by atoms with Crippen LogP contribution < -0.4 is 10.6 Å². The van der Waals surface area contributed by atoms with Crippen LogP contribution in [0.1, 0.15) is 39.0 Å². The standard InChI is InChI=1S/C16H25N3/c1-11(2)17-9-13-5-6-16-14(7-13)8-15(19-16)10-18-12(3)4/h5-8,11-12,17-19H,9-10H2,1-4H3. The number of fused-ring (bicyclic) bond motifs is 1. The van der Waals surface area contributed by atoms with Gasteiger partial charge in [0.2, 0.25) is 0 Å². The molecule has 0 aliphatic carbocycles. The Morgan fingerprint density at radius 2 is 1.63 bits per heavy atom. The zero-order valence-electron chi connectivity index (χ0n) is 12.4. The molecule has 0 spiro atoms. The SMILES string of the molecule is CC(C)NCc1ccc2[nH]c(CNC(C)C)cc2c1. The van der Waals surface area contributed by atoms with Gasteiger partial charge >= 0.3 is 0 Å². The molecule has 0 bridgehead atoms. The molecule has 19 heavy (non-hydrogen) atoms. The maximum atomic E-state index is 3.46. The highest BCUT2D eigenvalue weighted by molar-refractivity contribution is 5.81. The first-order chi connectivity index (χ1) is 9.04. The van der Waals surface area contributed by atoms with Crippen LogP contribution in [0.25, 0.3) is 10.9 Å². The summed E-state index contributed by atoms with van der Waals surface area (Å²) in [7, 11) is 0. The van der Waals surface area contributed by atoms with Gasteiger partial charge in [0.1, 0.15) is 0 Å². The number of aromatic amines is 1. The first kappa shape index (κ1) is 14.1. The molecule has 0 saturated heterocycles. The highest BCUT2D eigenvalue weighted by Gasteiger charge is 2.03. The van der Waals surface area contributed by atoms with Crippen molar-refractivity contribution in [1.82, 2.24) is 15.6 Å². The zero-order valence-corrected chi connectivity index (χ0v) is 12.4. The van der Waals surface area contributed by atoms with Gasteiger partial charge < -0.3 is 15.6 Å². The number of aromatic nitrogens is 1. The normalized spacial score (nSPS) is 11.9. The maximum absolute atomic E-state index is 3.46. The van der Waals surface area contributed by atoms with E-state index < -0.39 is 0 Å². The minimum absolute atomic E-state index is 0.511. The summed E-state index contributed by atoms with van der Waals surface area (Å²) < 4.78 is 0. The van der Waals surface area contributed by atoms with E-state index in [1.54, 1.807) is 0 Å². The third-order valence-corrected chi connectivity index (χ3v) is 3.16. The largest absolute Gasteiger partial charge is 0.357 e. The minimum Gasteiger partial charge on any atom is -0.357 e. The Labute approximate surface area is 115 Å². The molecular formula is C16H25N3. The van der Waals surface area contributed by atoms with Crippen molar-refractivity contribution in [1.29, 1.82) is 0 Å². The molecule has 104 valence electrons. The molecule has 3 N–H and O–H groups in total. The highest BCUT2D eigenvalue weighted by atomic mass is 14.9. The smallest absolute Gasteiger partial charge is 0.0456 e. The molecule has 0 fully saturated rings. The van der Waals surface area contributed by atoms with Crippen LogP contribution in [-0.2, 0) is 13.1 Å². The molecule has 1 aromatic heterocycles. The van der Waals surface area contributed by atoms with Crippen LogP contribution in [0.15, 0.2) is 24.3 Å². The molecule has 1 heterocycles. The van der Waals surface area contributed by atoms with Crippen molar-refractivity contribution in [3.63, 3.8) is 0 Å². The monoisotopic (exact) mass is 259 g/mol. The second kappa shape index (κ2) is 6.22. The van der Waals surface area contributed by atoms with Gasteiger partial charge in [-0.1, -0.05) is 33.8 Å². The highest BCUT2D eigenvalue weighted by Crippen LogP contribution is 2.17. The summed E-state index contributed by atoms with van der Waals surface area (Å²) in [5.74, 6) is 0. The summed E-state index contributed by atoms with van der Waals surface area (Å²) in [6.45, 7) is 10.5. The van der Waals surface area contributed by atoms with Crippen LogP contribution in [0.2, 0.25) is 0 Å². The van der Waals surface area contributed by atoms with E-state index in [4.69, 9.17) is 0 Å². The number of H-pyrrole nitrogens is 1. The van der Waals surface area contributed by atoms with E-state index in [-0.39, 0.29) is 0 Å². The molecule has 0 aliphatic heterocycles. The van der Waals surface area contributed by atoms with Crippen LogP contribution in [0.4, 0.5) is 0 Å². The third-order valence-electron chi connectivity index (χ3n) is 3.16. The molecule has 3 heteroatoms. The second-order valence-corrected chi connectivity index (χ2v) is 5.79. The molecule has 0 saturated carbocycles. The predicted molar refractivity (Wildman–Crippen MR) is 82.3 cm³/mol. The summed E-state index contributed by atoms with van der Waals surface area (Å²) in [5, 5.41) is 8.18. The quantitative estimate of drug-likeness (QED) is 0.745. The molecule has 0 atom stereocenters. The van der Waals surface area contributed by atoms with Gasteiger partial charge in [-0.05, 0) is 23.8 Å². The zero-order chi connectivity index (χ0) is 13.8. The van der Waals surface area contributed by atoms with Crippen molar-refractivity contribution in [2.45, 2.75) is 52.9 Å². The van der Waals surface area contributed by atoms with Crippen molar-refractivity contribution in [2.24, 2.45) is 0 Å². The Morgan fingerprint density at radius 1 is 0.947 bits per heavy atom. The van der Waals surface area contributed by atoms with Gasteiger partial charge in [0, 0.05) is 41.8 Å². The first-order valence-corrected chi connectivity index (χ1v) is 7.12. The summed E-state index contributed by atoms with van der Waals surface area (Å²) in [6.07, 6.45) is 0. The summed E-state index contributed by atoms with van der Waals surface area (Å²) in [5.41, 5.74) is 3.80. The van der Waals surface area contributed by atoms with Crippen LogP contribution in [-0.4, -0.2) is 17.1 Å². The minimum atomic E-state index is 0.511. The fraction of sp³-hybridized carbons (Fsp3) is 0.500. The summed E-state index contributed by atoms with van der Waals surface area (Å²) in [6, 6.07) is 9.90. The summed E-state index contributed by atoms with van der Waals surface area (Å²) >= 11 is 0. The molecule has 2 rings (SSSR count). The van der Waals surface area contributed by atoms with Gasteiger partial charge in [-0.15, -0.1) is 0 Å². The van der Waals surface area contributed by atoms with E-state index in [1.165, 1.54) is 22.2 Å². The average molecular weight is 259 g/mol. The molecule has 0 radical (unpaired) electrons. The van der Waals surface area contributed by atoms with E-state index >= 15 is 0 Å². The van der Waals surface area contributed by atoms with Crippen molar-refractivity contribution < 1.29 is 0 Å². The molecular weight excluding hydrogens is 234 g/mol. The molecule has 3 nitrogen and oxygen atoms in total.